The Bertz CT molecular complexity index is 1370. The Morgan fingerprint density at radius 2 is 1.07 bits per heavy atom. The fraction of sp³-hybridized carbons (Fsp3) is 0.467. The standard InChI is InChI=1S/2C15H17N3S.3ClH.H2O/c2*1-18-8-6-11(9-18)15-17-14-12(19-15)5-4-10-3-2-7-16-13(10)14;;;;/h2*2-3,7,11H,4-6,8-9H2,1H3;3*1H;1H2. The van der Waals surface area contributed by atoms with Crippen LogP contribution in [0, 0.1) is 0 Å². The molecular formula is C30H39Cl3N6OS2. The Labute approximate surface area is 274 Å². The molecule has 8 rings (SSSR count). The van der Waals surface area contributed by atoms with Gasteiger partial charge in [-0.25, -0.2) is 9.97 Å². The predicted octanol–water partition coefficient (Wildman–Crippen LogP) is 5.89. The summed E-state index contributed by atoms with van der Waals surface area (Å²) >= 11 is 3.84. The molecule has 0 amide bonds. The molecule has 7 nitrogen and oxygen atoms in total. The zero-order valence-electron chi connectivity index (χ0n) is 23.9. The first kappa shape index (κ1) is 34.8. The number of aryl methyl sites for hydroxylation is 4. The number of hydrogen-bond donors (Lipinski definition) is 0. The van der Waals surface area contributed by atoms with Gasteiger partial charge in [0.15, 0.2) is 0 Å². The fourth-order valence-corrected chi connectivity index (χ4v) is 8.66. The monoisotopic (exact) mass is 668 g/mol. The molecule has 12 heteroatoms. The Hall–Kier alpha value is -1.69. The third-order valence-electron chi connectivity index (χ3n) is 8.38. The number of halogens is 3. The minimum absolute atomic E-state index is 0. The van der Waals surface area contributed by atoms with Gasteiger partial charge in [-0.2, -0.15) is 0 Å². The average molecular weight is 670 g/mol. The van der Waals surface area contributed by atoms with Gasteiger partial charge in [-0.15, -0.1) is 59.9 Å². The lowest BCUT2D eigenvalue weighted by Gasteiger charge is -2.12. The summed E-state index contributed by atoms with van der Waals surface area (Å²) in [6.07, 6.45) is 10.8. The minimum atomic E-state index is 0. The van der Waals surface area contributed by atoms with Gasteiger partial charge in [0.25, 0.3) is 0 Å². The summed E-state index contributed by atoms with van der Waals surface area (Å²) in [5.41, 5.74) is 7.29. The zero-order chi connectivity index (χ0) is 25.6. The number of nitrogens with zero attached hydrogens (tertiary/aromatic N) is 6. The Balaban J connectivity index is 0.000000210. The highest BCUT2D eigenvalue weighted by Crippen LogP contribution is 2.40. The SMILES string of the molecule is CN1CCC(c2nc3c(s2)CCc2cccnc2-3)C1.CN1CCC(c2nc3c(s2)CCc2cccnc2-3)C1.Cl.Cl.Cl.O. The highest BCUT2D eigenvalue weighted by atomic mass is 35.5. The largest absolute Gasteiger partial charge is 0.412 e. The van der Waals surface area contributed by atoms with E-state index in [4.69, 9.17) is 9.97 Å². The van der Waals surface area contributed by atoms with Gasteiger partial charge >= 0.3 is 0 Å². The van der Waals surface area contributed by atoms with Crippen molar-refractivity contribution in [1.82, 2.24) is 29.7 Å². The molecule has 4 aliphatic rings. The molecule has 2 saturated heterocycles. The van der Waals surface area contributed by atoms with E-state index in [9.17, 15) is 0 Å². The van der Waals surface area contributed by atoms with Crippen molar-refractivity contribution in [3.05, 3.63) is 67.6 Å². The maximum Gasteiger partial charge on any atom is 0.103 e. The van der Waals surface area contributed by atoms with Crippen molar-refractivity contribution in [2.45, 2.75) is 50.4 Å². The van der Waals surface area contributed by atoms with Crippen molar-refractivity contribution in [3.8, 4) is 22.8 Å². The van der Waals surface area contributed by atoms with Crippen molar-refractivity contribution < 1.29 is 5.48 Å². The van der Waals surface area contributed by atoms with E-state index in [0.29, 0.717) is 11.8 Å². The van der Waals surface area contributed by atoms with E-state index in [2.05, 4.69) is 46.0 Å². The van der Waals surface area contributed by atoms with Gasteiger partial charge in [0.1, 0.15) is 11.4 Å². The van der Waals surface area contributed by atoms with Gasteiger partial charge in [0.05, 0.1) is 21.4 Å². The van der Waals surface area contributed by atoms with Crippen LogP contribution in [0.4, 0.5) is 0 Å². The molecule has 6 heterocycles. The number of hydrogen-bond acceptors (Lipinski definition) is 8. The summed E-state index contributed by atoms with van der Waals surface area (Å²) < 4.78 is 0. The van der Waals surface area contributed by atoms with E-state index in [1.54, 1.807) is 0 Å². The molecule has 0 saturated carbocycles. The molecule has 0 spiro atoms. The molecule has 2 atom stereocenters. The molecule has 4 aromatic heterocycles. The molecule has 2 aliphatic heterocycles. The Morgan fingerprint density at radius 3 is 1.45 bits per heavy atom. The minimum Gasteiger partial charge on any atom is -0.412 e. The Kier molecular flexibility index (Phi) is 12.3. The second-order valence-corrected chi connectivity index (χ2v) is 13.4. The zero-order valence-corrected chi connectivity index (χ0v) is 28.0. The topological polar surface area (TPSA) is 89.5 Å². The van der Waals surface area contributed by atoms with Crippen LogP contribution in [0.25, 0.3) is 22.8 Å². The van der Waals surface area contributed by atoms with E-state index in [1.807, 2.05) is 47.2 Å². The van der Waals surface area contributed by atoms with E-state index in [0.717, 1.165) is 61.5 Å². The molecule has 2 fully saturated rings. The number of likely N-dealkylation sites (tertiary alicyclic amines) is 2. The van der Waals surface area contributed by atoms with E-state index in [1.165, 1.54) is 56.8 Å². The molecule has 2 N–H and O–H groups in total. The van der Waals surface area contributed by atoms with Gasteiger partial charge in [-0.05, 0) is 89.0 Å². The molecule has 0 aromatic carbocycles. The van der Waals surface area contributed by atoms with Crippen LogP contribution in [0.2, 0.25) is 0 Å². The second kappa shape index (κ2) is 14.9. The molecule has 2 aliphatic carbocycles. The summed E-state index contributed by atoms with van der Waals surface area (Å²) in [6, 6.07) is 8.44. The van der Waals surface area contributed by atoms with Gasteiger partial charge in [-0.1, -0.05) is 12.1 Å². The van der Waals surface area contributed by atoms with Crippen molar-refractivity contribution in [3.63, 3.8) is 0 Å². The summed E-state index contributed by atoms with van der Waals surface area (Å²) in [5.74, 6) is 1.26. The van der Waals surface area contributed by atoms with Crippen molar-refractivity contribution >= 4 is 59.9 Å². The number of thiazole rings is 2. The first-order chi connectivity index (χ1) is 18.6. The van der Waals surface area contributed by atoms with Crippen LogP contribution in [0.15, 0.2) is 36.7 Å². The van der Waals surface area contributed by atoms with Crippen molar-refractivity contribution in [2.24, 2.45) is 0 Å². The highest BCUT2D eigenvalue weighted by Gasteiger charge is 2.29. The van der Waals surface area contributed by atoms with Crippen LogP contribution in [0.3, 0.4) is 0 Å². The molecular weight excluding hydrogens is 631 g/mol. The maximum absolute atomic E-state index is 4.94. The molecule has 2 unspecified atom stereocenters. The lowest BCUT2D eigenvalue weighted by atomic mass is 9.98. The average Bonchev–Trinajstić information content (AvgIpc) is 3.74. The number of fused-ring (bicyclic) bond motifs is 6. The van der Waals surface area contributed by atoms with Crippen LogP contribution in [-0.4, -0.2) is 75.5 Å². The van der Waals surface area contributed by atoms with E-state index >= 15 is 0 Å². The van der Waals surface area contributed by atoms with Gasteiger partial charge < -0.3 is 15.3 Å². The summed E-state index contributed by atoms with van der Waals surface area (Å²) in [5, 5.41) is 2.65. The molecule has 0 bridgehead atoms. The Morgan fingerprint density at radius 1 is 0.643 bits per heavy atom. The quantitative estimate of drug-likeness (QED) is 0.265. The smallest absolute Gasteiger partial charge is 0.103 e. The first-order valence-corrected chi connectivity index (χ1v) is 15.5. The number of rotatable bonds is 2. The van der Waals surface area contributed by atoms with E-state index in [-0.39, 0.29) is 42.7 Å². The van der Waals surface area contributed by atoms with Crippen LogP contribution in [-0.2, 0) is 25.7 Å². The summed E-state index contributed by atoms with van der Waals surface area (Å²) in [6.45, 7) is 4.70. The third kappa shape index (κ3) is 6.84. The van der Waals surface area contributed by atoms with Gasteiger partial charge in [-0.3, -0.25) is 9.97 Å². The molecule has 228 valence electrons. The normalized spacial score (nSPS) is 20.1. The van der Waals surface area contributed by atoms with Crippen LogP contribution < -0.4 is 0 Å². The second-order valence-electron chi connectivity index (χ2n) is 11.2. The third-order valence-corrected chi connectivity index (χ3v) is 10.9. The number of pyridine rings is 2. The van der Waals surface area contributed by atoms with Crippen LogP contribution in [0.5, 0.6) is 0 Å². The van der Waals surface area contributed by atoms with Crippen LogP contribution in [0.1, 0.15) is 55.6 Å². The van der Waals surface area contributed by atoms with Gasteiger partial charge in [0.2, 0.25) is 0 Å². The molecule has 0 radical (unpaired) electrons. The van der Waals surface area contributed by atoms with Crippen molar-refractivity contribution in [1.29, 1.82) is 0 Å². The predicted molar refractivity (Wildman–Crippen MR) is 181 cm³/mol. The number of aromatic nitrogens is 4. The van der Waals surface area contributed by atoms with E-state index < -0.39 is 0 Å². The number of likely N-dealkylation sites (N-methyl/N-ethyl adjacent to an activating group) is 2. The maximum atomic E-state index is 4.94. The molecule has 42 heavy (non-hydrogen) atoms. The van der Waals surface area contributed by atoms with Crippen LogP contribution >= 0.6 is 59.9 Å². The fourth-order valence-electron chi connectivity index (χ4n) is 6.27. The first-order valence-electron chi connectivity index (χ1n) is 13.9. The highest BCUT2D eigenvalue weighted by molar-refractivity contribution is 7.12. The lowest BCUT2D eigenvalue weighted by Crippen LogP contribution is -2.13. The summed E-state index contributed by atoms with van der Waals surface area (Å²) in [7, 11) is 4.40. The summed E-state index contributed by atoms with van der Waals surface area (Å²) in [4.78, 5) is 26.7. The van der Waals surface area contributed by atoms with Gasteiger partial charge in [0, 0.05) is 47.1 Å². The van der Waals surface area contributed by atoms with Crippen molar-refractivity contribution in [2.75, 3.05) is 40.3 Å². The molecule has 4 aromatic rings. The lowest BCUT2D eigenvalue weighted by molar-refractivity contribution is 0.411.